The Kier molecular flexibility index (Phi) is 3.86. The molecule has 1 fully saturated rings. The molecular weight excluding hydrogens is 182 g/mol. The van der Waals surface area contributed by atoms with Crippen molar-refractivity contribution in [2.24, 2.45) is 22.7 Å². The first-order valence-electron chi connectivity index (χ1n) is 6.43. The molecule has 1 aliphatic rings. The van der Waals surface area contributed by atoms with E-state index in [2.05, 4.69) is 46.9 Å². The molecule has 0 radical (unpaired) electrons. The van der Waals surface area contributed by atoms with Gasteiger partial charge < -0.3 is 5.32 Å². The minimum absolute atomic E-state index is 0.431. The molecule has 15 heavy (non-hydrogen) atoms. The molecule has 0 saturated carbocycles. The summed E-state index contributed by atoms with van der Waals surface area (Å²) < 4.78 is 0. The lowest BCUT2D eigenvalue weighted by atomic mass is 9.59. The minimum Gasteiger partial charge on any atom is -0.317 e. The third-order valence-corrected chi connectivity index (χ3v) is 3.72. The molecule has 90 valence electrons. The molecule has 0 amide bonds. The van der Waals surface area contributed by atoms with Gasteiger partial charge in [-0.25, -0.2) is 0 Å². The van der Waals surface area contributed by atoms with Gasteiger partial charge in [0, 0.05) is 0 Å². The first-order valence-corrected chi connectivity index (χ1v) is 6.43. The normalized spacial score (nSPS) is 21.0. The Labute approximate surface area is 96.0 Å². The summed E-state index contributed by atoms with van der Waals surface area (Å²) in [6.07, 6.45) is 2.72. The Morgan fingerprint density at radius 1 is 0.867 bits per heavy atom. The molecule has 1 aliphatic heterocycles. The number of hydrogen-bond donors (Lipinski definition) is 1. The molecule has 0 aliphatic carbocycles. The van der Waals surface area contributed by atoms with Gasteiger partial charge in [0.1, 0.15) is 0 Å². The Bertz CT molecular complexity index is 174. The van der Waals surface area contributed by atoms with E-state index < -0.39 is 0 Å². The first-order chi connectivity index (χ1) is 6.73. The smallest absolute Gasteiger partial charge is 0.00462 e. The van der Waals surface area contributed by atoms with Crippen molar-refractivity contribution in [3.8, 4) is 0 Å². The van der Waals surface area contributed by atoms with Crippen molar-refractivity contribution < 1.29 is 0 Å². The number of hydrogen-bond acceptors (Lipinski definition) is 1. The molecule has 0 unspecified atom stereocenters. The quantitative estimate of drug-likeness (QED) is 0.697. The highest BCUT2D eigenvalue weighted by Gasteiger charge is 2.40. The average Bonchev–Trinajstić information content (AvgIpc) is 2.00. The summed E-state index contributed by atoms with van der Waals surface area (Å²) in [5, 5.41) is 3.47. The Hall–Kier alpha value is -0.0400. The molecule has 1 heterocycles. The van der Waals surface area contributed by atoms with E-state index in [1.165, 1.54) is 25.9 Å². The summed E-state index contributed by atoms with van der Waals surface area (Å²) in [4.78, 5) is 0. The number of rotatable bonds is 1. The average molecular weight is 211 g/mol. The Morgan fingerprint density at radius 3 is 1.60 bits per heavy atom. The first kappa shape index (κ1) is 13.0. The second-order valence-corrected chi connectivity index (χ2v) is 7.30. The van der Waals surface area contributed by atoms with E-state index in [9.17, 15) is 0 Å². The summed E-state index contributed by atoms with van der Waals surface area (Å²) in [5.74, 6) is 1.73. The van der Waals surface area contributed by atoms with E-state index in [1.54, 1.807) is 0 Å². The van der Waals surface area contributed by atoms with Gasteiger partial charge in [0.05, 0.1) is 0 Å². The lowest BCUT2D eigenvalue weighted by Gasteiger charge is -2.47. The fraction of sp³-hybridized carbons (Fsp3) is 1.00. The molecule has 0 atom stereocenters. The van der Waals surface area contributed by atoms with Gasteiger partial charge >= 0.3 is 0 Å². The third kappa shape index (κ3) is 3.48. The van der Waals surface area contributed by atoms with Crippen LogP contribution < -0.4 is 5.32 Å². The van der Waals surface area contributed by atoms with Gasteiger partial charge in [-0.2, -0.15) is 0 Å². The second-order valence-electron chi connectivity index (χ2n) is 7.30. The van der Waals surface area contributed by atoms with E-state index in [0.29, 0.717) is 10.8 Å². The SMILES string of the molecule is CC(C)(C)C(C1CCNCC1)C(C)(C)C. The zero-order valence-corrected chi connectivity index (χ0v) is 11.5. The van der Waals surface area contributed by atoms with Crippen molar-refractivity contribution in [3.63, 3.8) is 0 Å². The van der Waals surface area contributed by atoms with Crippen LogP contribution in [-0.4, -0.2) is 13.1 Å². The lowest BCUT2D eigenvalue weighted by molar-refractivity contribution is 0.0283. The van der Waals surface area contributed by atoms with Crippen molar-refractivity contribution in [1.29, 1.82) is 0 Å². The molecule has 0 spiro atoms. The van der Waals surface area contributed by atoms with Gasteiger partial charge in [0.2, 0.25) is 0 Å². The van der Waals surface area contributed by atoms with Crippen LogP contribution in [0.25, 0.3) is 0 Å². The molecule has 0 aromatic heterocycles. The van der Waals surface area contributed by atoms with Gasteiger partial charge in [0.25, 0.3) is 0 Å². The fourth-order valence-electron chi connectivity index (χ4n) is 3.89. The Morgan fingerprint density at radius 2 is 1.27 bits per heavy atom. The summed E-state index contributed by atoms with van der Waals surface area (Å²) in [6, 6.07) is 0. The van der Waals surface area contributed by atoms with Crippen LogP contribution in [0.2, 0.25) is 0 Å². The van der Waals surface area contributed by atoms with Crippen molar-refractivity contribution in [2.45, 2.75) is 54.4 Å². The largest absolute Gasteiger partial charge is 0.317 e. The van der Waals surface area contributed by atoms with Gasteiger partial charge in [-0.3, -0.25) is 0 Å². The highest BCUT2D eigenvalue weighted by Crippen LogP contribution is 2.47. The predicted molar refractivity (Wildman–Crippen MR) is 68.0 cm³/mol. The Balaban J connectivity index is 2.80. The minimum atomic E-state index is 0.431. The fourth-order valence-corrected chi connectivity index (χ4v) is 3.89. The van der Waals surface area contributed by atoms with Crippen LogP contribution in [-0.2, 0) is 0 Å². The van der Waals surface area contributed by atoms with E-state index in [1.807, 2.05) is 0 Å². The van der Waals surface area contributed by atoms with Crippen LogP contribution in [0.1, 0.15) is 54.4 Å². The van der Waals surface area contributed by atoms with Crippen molar-refractivity contribution in [1.82, 2.24) is 5.32 Å². The highest BCUT2D eigenvalue weighted by atomic mass is 14.9. The van der Waals surface area contributed by atoms with Gasteiger partial charge in [-0.1, -0.05) is 41.5 Å². The van der Waals surface area contributed by atoms with Gasteiger partial charge in [0.15, 0.2) is 0 Å². The van der Waals surface area contributed by atoms with Crippen LogP contribution >= 0.6 is 0 Å². The van der Waals surface area contributed by atoms with Crippen molar-refractivity contribution >= 4 is 0 Å². The van der Waals surface area contributed by atoms with Crippen molar-refractivity contribution in [2.75, 3.05) is 13.1 Å². The third-order valence-electron chi connectivity index (χ3n) is 3.72. The molecule has 1 rings (SSSR count). The van der Waals surface area contributed by atoms with Crippen LogP contribution in [0.15, 0.2) is 0 Å². The topological polar surface area (TPSA) is 12.0 Å². The van der Waals surface area contributed by atoms with Gasteiger partial charge in [-0.15, -0.1) is 0 Å². The van der Waals surface area contributed by atoms with E-state index in [0.717, 1.165) is 11.8 Å². The zero-order chi connectivity index (χ0) is 11.7. The molecule has 1 saturated heterocycles. The maximum absolute atomic E-state index is 3.47. The summed E-state index contributed by atoms with van der Waals surface area (Å²) >= 11 is 0. The molecule has 0 aromatic carbocycles. The van der Waals surface area contributed by atoms with Gasteiger partial charge in [-0.05, 0) is 48.6 Å². The predicted octanol–water partition coefficient (Wildman–Crippen LogP) is 3.69. The molecule has 0 bridgehead atoms. The zero-order valence-electron chi connectivity index (χ0n) is 11.5. The maximum Gasteiger partial charge on any atom is -0.00462 e. The maximum atomic E-state index is 3.47. The molecule has 1 heteroatoms. The van der Waals surface area contributed by atoms with Crippen LogP contribution in [0.5, 0.6) is 0 Å². The van der Waals surface area contributed by atoms with Crippen LogP contribution in [0.3, 0.4) is 0 Å². The molecule has 1 N–H and O–H groups in total. The molecule has 0 aromatic rings. The summed E-state index contributed by atoms with van der Waals surface area (Å²) in [5.41, 5.74) is 0.862. The van der Waals surface area contributed by atoms with Crippen LogP contribution in [0, 0.1) is 22.7 Å². The van der Waals surface area contributed by atoms with Crippen LogP contribution in [0.4, 0.5) is 0 Å². The lowest BCUT2D eigenvalue weighted by Crippen LogP contribution is -2.42. The number of piperidine rings is 1. The second kappa shape index (κ2) is 4.45. The van der Waals surface area contributed by atoms with Crippen molar-refractivity contribution in [3.05, 3.63) is 0 Å². The summed E-state index contributed by atoms with van der Waals surface area (Å²) in [7, 11) is 0. The molecule has 1 nitrogen and oxygen atoms in total. The van der Waals surface area contributed by atoms with E-state index in [4.69, 9.17) is 0 Å². The summed E-state index contributed by atoms with van der Waals surface area (Å²) in [6.45, 7) is 16.9. The van der Waals surface area contributed by atoms with E-state index in [-0.39, 0.29) is 0 Å². The van der Waals surface area contributed by atoms with E-state index >= 15 is 0 Å². The number of nitrogens with one attached hydrogen (secondary N) is 1. The highest BCUT2D eigenvalue weighted by molar-refractivity contribution is 4.90. The monoisotopic (exact) mass is 211 g/mol. The standard InChI is InChI=1S/C14H29N/c1-13(2,3)12(14(4,5)6)11-7-9-15-10-8-11/h11-12,15H,7-10H2,1-6H3. The molecular formula is C14H29N.